The molecular weight excluding hydrogens is 368 g/mol. The Morgan fingerprint density at radius 3 is 2.77 bits per heavy atom. The summed E-state index contributed by atoms with van der Waals surface area (Å²) in [5.74, 6) is 0.539. The van der Waals surface area contributed by atoms with Gasteiger partial charge in [0.1, 0.15) is 23.1 Å². The van der Waals surface area contributed by atoms with Crippen molar-refractivity contribution >= 4 is 28.8 Å². The van der Waals surface area contributed by atoms with Gasteiger partial charge in [0.25, 0.3) is 5.91 Å². The molecule has 1 heterocycles. The summed E-state index contributed by atoms with van der Waals surface area (Å²) >= 11 is 7.42. The SMILES string of the molecule is Cc1cc(OCc2nc(C(=O)N[C@@H](C)c3ccccc3)cs2)ccc1Cl. The Morgan fingerprint density at radius 1 is 1.27 bits per heavy atom. The normalized spacial score (nSPS) is 11.8. The standard InChI is InChI=1S/C20H19ClN2O2S/c1-13-10-16(8-9-17(13)21)25-11-19-23-18(12-26-19)20(24)22-14(2)15-6-4-3-5-7-15/h3-10,12,14H,11H2,1-2H3,(H,22,24)/t14-/m0/s1. The lowest BCUT2D eigenvalue weighted by molar-refractivity contribution is 0.0935. The number of hydrogen-bond acceptors (Lipinski definition) is 4. The van der Waals surface area contributed by atoms with E-state index in [-0.39, 0.29) is 11.9 Å². The molecular formula is C20H19ClN2O2S. The molecule has 26 heavy (non-hydrogen) atoms. The zero-order valence-electron chi connectivity index (χ0n) is 14.5. The summed E-state index contributed by atoms with van der Waals surface area (Å²) < 4.78 is 5.73. The van der Waals surface area contributed by atoms with E-state index in [0.717, 1.165) is 21.9 Å². The van der Waals surface area contributed by atoms with Crippen LogP contribution in [0.5, 0.6) is 5.75 Å². The van der Waals surface area contributed by atoms with E-state index >= 15 is 0 Å². The van der Waals surface area contributed by atoms with Crippen molar-refractivity contribution in [3.8, 4) is 5.75 Å². The minimum absolute atomic E-state index is 0.0813. The molecule has 134 valence electrons. The Labute approximate surface area is 161 Å². The number of rotatable bonds is 6. The summed E-state index contributed by atoms with van der Waals surface area (Å²) in [7, 11) is 0. The van der Waals surface area contributed by atoms with Crippen LogP contribution in [0.3, 0.4) is 0 Å². The van der Waals surface area contributed by atoms with E-state index < -0.39 is 0 Å². The molecule has 0 aliphatic rings. The molecule has 2 aromatic carbocycles. The number of carbonyl (C=O) groups is 1. The van der Waals surface area contributed by atoms with Crippen molar-refractivity contribution in [2.75, 3.05) is 0 Å². The van der Waals surface area contributed by atoms with Crippen molar-refractivity contribution in [3.63, 3.8) is 0 Å². The maximum Gasteiger partial charge on any atom is 0.271 e. The summed E-state index contributed by atoms with van der Waals surface area (Å²) in [4.78, 5) is 16.7. The lowest BCUT2D eigenvalue weighted by Crippen LogP contribution is -2.26. The predicted molar refractivity (Wildman–Crippen MR) is 105 cm³/mol. The summed E-state index contributed by atoms with van der Waals surface area (Å²) in [6, 6.07) is 15.2. The van der Waals surface area contributed by atoms with Crippen molar-refractivity contribution in [1.82, 2.24) is 10.3 Å². The first-order valence-electron chi connectivity index (χ1n) is 8.22. The molecule has 1 amide bonds. The van der Waals surface area contributed by atoms with Gasteiger partial charge < -0.3 is 10.1 Å². The van der Waals surface area contributed by atoms with Crippen LogP contribution in [0.15, 0.2) is 53.9 Å². The number of nitrogens with one attached hydrogen (secondary N) is 1. The van der Waals surface area contributed by atoms with Gasteiger partial charge in [0, 0.05) is 10.4 Å². The van der Waals surface area contributed by atoms with Gasteiger partial charge in [-0.1, -0.05) is 41.9 Å². The van der Waals surface area contributed by atoms with Crippen LogP contribution in [0.25, 0.3) is 0 Å². The number of ether oxygens (including phenoxy) is 1. The molecule has 3 aromatic rings. The Kier molecular flexibility index (Phi) is 5.91. The first-order valence-corrected chi connectivity index (χ1v) is 9.48. The van der Waals surface area contributed by atoms with Crippen LogP contribution in [0.2, 0.25) is 5.02 Å². The fourth-order valence-corrected chi connectivity index (χ4v) is 3.23. The average molecular weight is 387 g/mol. The molecule has 1 aromatic heterocycles. The topological polar surface area (TPSA) is 51.2 Å². The molecule has 0 bridgehead atoms. The predicted octanol–water partition coefficient (Wildman–Crippen LogP) is 5.17. The summed E-state index contributed by atoms with van der Waals surface area (Å²) in [6.07, 6.45) is 0. The monoisotopic (exact) mass is 386 g/mol. The number of nitrogens with zero attached hydrogens (tertiary/aromatic N) is 1. The Morgan fingerprint density at radius 2 is 2.04 bits per heavy atom. The quantitative estimate of drug-likeness (QED) is 0.635. The van der Waals surface area contributed by atoms with Gasteiger partial charge in [-0.3, -0.25) is 4.79 Å². The number of thiazole rings is 1. The summed E-state index contributed by atoms with van der Waals surface area (Å²) in [6.45, 7) is 4.19. The minimum Gasteiger partial charge on any atom is -0.486 e. The van der Waals surface area contributed by atoms with Crippen molar-refractivity contribution < 1.29 is 9.53 Å². The van der Waals surface area contributed by atoms with Gasteiger partial charge in [-0.05, 0) is 43.2 Å². The van der Waals surface area contributed by atoms with Crippen molar-refractivity contribution in [2.45, 2.75) is 26.5 Å². The third kappa shape index (κ3) is 4.62. The molecule has 6 heteroatoms. The molecule has 0 spiro atoms. The van der Waals surface area contributed by atoms with Crippen molar-refractivity contribution in [3.05, 3.63) is 80.8 Å². The largest absolute Gasteiger partial charge is 0.486 e. The molecule has 1 N–H and O–H groups in total. The maximum absolute atomic E-state index is 12.4. The highest BCUT2D eigenvalue weighted by molar-refractivity contribution is 7.09. The van der Waals surface area contributed by atoms with Crippen molar-refractivity contribution in [2.24, 2.45) is 0 Å². The third-order valence-electron chi connectivity index (χ3n) is 3.92. The molecule has 0 radical (unpaired) electrons. The van der Waals surface area contributed by atoms with E-state index in [9.17, 15) is 4.79 Å². The zero-order valence-corrected chi connectivity index (χ0v) is 16.1. The molecule has 0 fully saturated rings. The molecule has 1 atom stereocenters. The second kappa shape index (κ2) is 8.34. The molecule has 3 rings (SSSR count). The highest BCUT2D eigenvalue weighted by atomic mass is 35.5. The van der Waals surface area contributed by atoms with Crippen LogP contribution in [-0.4, -0.2) is 10.9 Å². The zero-order chi connectivity index (χ0) is 18.5. The summed E-state index contributed by atoms with van der Waals surface area (Å²) in [5, 5.41) is 6.16. The van der Waals surface area contributed by atoms with Crippen LogP contribution in [0.4, 0.5) is 0 Å². The van der Waals surface area contributed by atoms with Gasteiger partial charge >= 0.3 is 0 Å². The molecule has 0 aliphatic carbocycles. The molecule has 4 nitrogen and oxygen atoms in total. The number of hydrogen-bond donors (Lipinski definition) is 1. The lowest BCUT2D eigenvalue weighted by atomic mass is 10.1. The van der Waals surface area contributed by atoms with E-state index in [2.05, 4.69) is 10.3 Å². The molecule has 0 unspecified atom stereocenters. The highest BCUT2D eigenvalue weighted by Crippen LogP contribution is 2.22. The molecule has 0 saturated heterocycles. The fraction of sp³-hybridized carbons (Fsp3) is 0.200. The number of carbonyl (C=O) groups excluding carboxylic acids is 1. The van der Waals surface area contributed by atoms with E-state index in [0.29, 0.717) is 17.3 Å². The smallest absolute Gasteiger partial charge is 0.271 e. The number of benzene rings is 2. The minimum atomic E-state index is -0.189. The van der Waals surface area contributed by atoms with E-state index in [4.69, 9.17) is 16.3 Å². The second-order valence-corrected chi connectivity index (χ2v) is 7.28. The van der Waals surface area contributed by atoms with Crippen LogP contribution in [0.1, 0.15) is 39.6 Å². The first-order chi connectivity index (χ1) is 12.5. The molecule has 0 aliphatic heterocycles. The van der Waals surface area contributed by atoms with E-state index in [1.165, 1.54) is 11.3 Å². The number of aryl methyl sites for hydroxylation is 1. The van der Waals surface area contributed by atoms with Gasteiger partial charge in [0.15, 0.2) is 0 Å². The van der Waals surface area contributed by atoms with Gasteiger partial charge in [-0.15, -0.1) is 11.3 Å². The van der Waals surface area contributed by atoms with Crippen LogP contribution in [0, 0.1) is 6.92 Å². The fourth-order valence-electron chi connectivity index (χ4n) is 2.43. The third-order valence-corrected chi connectivity index (χ3v) is 5.17. The number of amides is 1. The van der Waals surface area contributed by atoms with Crippen LogP contribution >= 0.6 is 22.9 Å². The van der Waals surface area contributed by atoms with Gasteiger partial charge in [0.2, 0.25) is 0 Å². The molecule has 0 saturated carbocycles. The van der Waals surface area contributed by atoms with E-state index in [1.54, 1.807) is 11.4 Å². The Bertz CT molecular complexity index is 896. The average Bonchev–Trinajstić information content (AvgIpc) is 3.12. The van der Waals surface area contributed by atoms with Crippen LogP contribution in [-0.2, 0) is 6.61 Å². The van der Waals surface area contributed by atoms with Crippen LogP contribution < -0.4 is 10.1 Å². The van der Waals surface area contributed by atoms with Gasteiger partial charge in [0.05, 0.1) is 6.04 Å². The van der Waals surface area contributed by atoms with Crippen molar-refractivity contribution in [1.29, 1.82) is 0 Å². The number of halogens is 1. The Hall–Kier alpha value is -2.37. The van der Waals surface area contributed by atoms with E-state index in [1.807, 2.05) is 56.3 Å². The van der Waals surface area contributed by atoms with Gasteiger partial charge in [-0.25, -0.2) is 4.98 Å². The Balaban J connectivity index is 1.58. The second-order valence-electron chi connectivity index (χ2n) is 5.93. The maximum atomic E-state index is 12.4. The summed E-state index contributed by atoms with van der Waals surface area (Å²) in [5.41, 5.74) is 2.42. The lowest BCUT2D eigenvalue weighted by Gasteiger charge is -2.13. The van der Waals surface area contributed by atoms with Gasteiger partial charge in [-0.2, -0.15) is 0 Å². The number of aromatic nitrogens is 1. The highest BCUT2D eigenvalue weighted by Gasteiger charge is 2.14. The first kappa shape index (κ1) is 18.4.